The molecule has 66 valence electrons. The maximum absolute atomic E-state index is 4.18. The number of aromatic nitrogens is 5. The maximum Gasteiger partial charge on any atom is 0.223 e. The molecule has 0 atom stereocenters. The van der Waals surface area contributed by atoms with Crippen LogP contribution in [0.3, 0.4) is 0 Å². The average molecular weight is 175 g/mol. The third-order valence-electron chi connectivity index (χ3n) is 1.65. The minimum atomic E-state index is 0.558. The molecular weight excluding hydrogens is 166 g/mol. The number of rotatable bonds is 1. The molecule has 0 fully saturated rings. The van der Waals surface area contributed by atoms with E-state index >= 15 is 0 Å². The molecule has 0 spiro atoms. The van der Waals surface area contributed by atoms with E-state index in [9.17, 15) is 0 Å². The first kappa shape index (κ1) is 7.85. The summed E-state index contributed by atoms with van der Waals surface area (Å²) in [5, 5.41) is 11.6. The van der Waals surface area contributed by atoms with Crippen LogP contribution in [-0.2, 0) is 7.05 Å². The monoisotopic (exact) mass is 175 g/mol. The Bertz CT molecular complexity index is 403. The number of hydrogen-bond donors (Lipinski definition) is 0. The highest BCUT2D eigenvalue weighted by atomic mass is 15.6. The van der Waals surface area contributed by atoms with E-state index in [2.05, 4.69) is 20.4 Å². The van der Waals surface area contributed by atoms with E-state index in [4.69, 9.17) is 0 Å². The Hall–Kier alpha value is -1.78. The molecule has 5 heteroatoms. The number of aryl methyl sites for hydroxylation is 2. The third-order valence-corrected chi connectivity index (χ3v) is 1.65. The second-order valence-corrected chi connectivity index (χ2v) is 2.82. The molecule has 0 saturated heterocycles. The molecule has 0 radical (unpaired) electrons. The van der Waals surface area contributed by atoms with Gasteiger partial charge in [0, 0.05) is 6.20 Å². The normalized spacial score (nSPS) is 10.3. The molecule has 0 aliphatic rings. The highest BCUT2D eigenvalue weighted by Gasteiger charge is 2.03. The lowest BCUT2D eigenvalue weighted by molar-refractivity contribution is 0.630. The van der Waals surface area contributed by atoms with Gasteiger partial charge in [-0.1, -0.05) is 6.07 Å². The van der Waals surface area contributed by atoms with Crippen molar-refractivity contribution in [3.63, 3.8) is 0 Å². The first-order valence-corrected chi connectivity index (χ1v) is 3.93. The van der Waals surface area contributed by atoms with Gasteiger partial charge in [0.2, 0.25) is 5.82 Å². The molecule has 0 aliphatic carbocycles. The van der Waals surface area contributed by atoms with Crippen molar-refractivity contribution in [3.8, 4) is 11.5 Å². The lowest BCUT2D eigenvalue weighted by Gasteiger charge is -1.93. The number of pyridine rings is 1. The second-order valence-electron chi connectivity index (χ2n) is 2.82. The van der Waals surface area contributed by atoms with Crippen LogP contribution in [0.25, 0.3) is 11.5 Å². The molecule has 2 rings (SSSR count). The summed E-state index contributed by atoms with van der Waals surface area (Å²) in [6.07, 6.45) is 1.78. The highest BCUT2D eigenvalue weighted by Crippen LogP contribution is 2.09. The van der Waals surface area contributed by atoms with Gasteiger partial charge in [0.25, 0.3) is 0 Å². The van der Waals surface area contributed by atoms with Crippen LogP contribution in [0.2, 0.25) is 0 Å². The van der Waals surface area contributed by atoms with Gasteiger partial charge >= 0.3 is 0 Å². The van der Waals surface area contributed by atoms with Crippen molar-refractivity contribution in [2.24, 2.45) is 7.05 Å². The van der Waals surface area contributed by atoms with Crippen LogP contribution in [0, 0.1) is 6.92 Å². The second kappa shape index (κ2) is 2.93. The largest absolute Gasteiger partial charge is 0.252 e. The summed E-state index contributed by atoms with van der Waals surface area (Å²) >= 11 is 0. The zero-order valence-electron chi connectivity index (χ0n) is 7.47. The molecule has 0 unspecified atom stereocenters. The number of nitrogens with zero attached hydrogens (tertiary/aromatic N) is 5. The van der Waals surface area contributed by atoms with Crippen LogP contribution >= 0.6 is 0 Å². The maximum atomic E-state index is 4.18. The standard InChI is InChI=1S/C8H9N5/c1-6-3-4-7(9-5-6)8-10-12-13(2)11-8/h3-5H,1-2H3. The van der Waals surface area contributed by atoms with Gasteiger partial charge in [-0.05, 0) is 23.8 Å². The van der Waals surface area contributed by atoms with E-state index < -0.39 is 0 Å². The SMILES string of the molecule is Cc1ccc(-c2nnn(C)n2)nc1. The van der Waals surface area contributed by atoms with Crippen LogP contribution < -0.4 is 0 Å². The predicted molar refractivity (Wildman–Crippen MR) is 46.8 cm³/mol. The minimum absolute atomic E-state index is 0.558. The Morgan fingerprint density at radius 2 is 2.15 bits per heavy atom. The van der Waals surface area contributed by atoms with Crippen LogP contribution in [0.15, 0.2) is 18.3 Å². The Morgan fingerprint density at radius 1 is 1.31 bits per heavy atom. The minimum Gasteiger partial charge on any atom is -0.252 e. The summed E-state index contributed by atoms with van der Waals surface area (Å²) < 4.78 is 0. The summed E-state index contributed by atoms with van der Waals surface area (Å²) in [6, 6.07) is 3.85. The van der Waals surface area contributed by atoms with Gasteiger partial charge in [-0.3, -0.25) is 4.98 Å². The third kappa shape index (κ3) is 1.53. The van der Waals surface area contributed by atoms with Crippen molar-refractivity contribution in [1.29, 1.82) is 0 Å². The molecular formula is C8H9N5. The summed E-state index contributed by atoms with van der Waals surface area (Å²) in [5.74, 6) is 0.558. The van der Waals surface area contributed by atoms with Gasteiger partial charge in [-0.15, -0.1) is 10.2 Å². The van der Waals surface area contributed by atoms with E-state index in [0.29, 0.717) is 5.82 Å². The highest BCUT2D eigenvalue weighted by molar-refractivity contribution is 5.47. The van der Waals surface area contributed by atoms with E-state index in [1.165, 1.54) is 4.80 Å². The summed E-state index contributed by atoms with van der Waals surface area (Å²) in [6.45, 7) is 1.99. The molecule has 5 nitrogen and oxygen atoms in total. The number of hydrogen-bond acceptors (Lipinski definition) is 4. The van der Waals surface area contributed by atoms with Crippen molar-refractivity contribution >= 4 is 0 Å². The first-order chi connectivity index (χ1) is 6.25. The van der Waals surface area contributed by atoms with E-state index in [1.807, 2.05) is 19.1 Å². The summed E-state index contributed by atoms with van der Waals surface area (Å²) in [7, 11) is 1.73. The molecule has 2 aromatic heterocycles. The fourth-order valence-electron chi connectivity index (χ4n) is 0.987. The molecule has 0 aliphatic heterocycles. The Morgan fingerprint density at radius 3 is 2.69 bits per heavy atom. The van der Waals surface area contributed by atoms with Crippen molar-refractivity contribution in [1.82, 2.24) is 25.2 Å². The fourth-order valence-corrected chi connectivity index (χ4v) is 0.987. The Balaban J connectivity index is 2.41. The Labute approximate surface area is 75.4 Å². The van der Waals surface area contributed by atoms with Gasteiger partial charge in [-0.25, -0.2) is 0 Å². The topological polar surface area (TPSA) is 56.5 Å². The van der Waals surface area contributed by atoms with E-state index in [1.54, 1.807) is 13.2 Å². The molecule has 2 aromatic rings. The molecule has 2 heterocycles. The molecule has 0 saturated carbocycles. The van der Waals surface area contributed by atoms with Gasteiger partial charge in [-0.2, -0.15) is 4.80 Å². The van der Waals surface area contributed by atoms with Crippen LogP contribution in [0.4, 0.5) is 0 Å². The quantitative estimate of drug-likeness (QED) is 0.636. The number of tetrazole rings is 1. The zero-order chi connectivity index (χ0) is 9.26. The van der Waals surface area contributed by atoms with Gasteiger partial charge in [0.05, 0.1) is 7.05 Å². The van der Waals surface area contributed by atoms with E-state index in [-0.39, 0.29) is 0 Å². The zero-order valence-corrected chi connectivity index (χ0v) is 7.47. The lowest BCUT2D eigenvalue weighted by atomic mass is 10.3. The van der Waals surface area contributed by atoms with Gasteiger partial charge < -0.3 is 0 Å². The first-order valence-electron chi connectivity index (χ1n) is 3.93. The van der Waals surface area contributed by atoms with Crippen molar-refractivity contribution in [3.05, 3.63) is 23.9 Å². The molecule has 0 aromatic carbocycles. The molecule has 0 bridgehead atoms. The van der Waals surface area contributed by atoms with Crippen LogP contribution in [0.1, 0.15) is 5.56 Å². The van der Waals surface area contributed by atoms with Crippen LogP contribution in [-0.4, -0.2) is 25.2 Å². The van der Waals surface area contributed by atoms with Crippen molar-refractivity contribution in [2.45, 2.75) is 6.92 Å². The van der Waals surface area contributed by atoms with Gasteiger partial charge in [0.1, 0.15) is 5.69 Å². The van der Waals surface area contributed by atoms with Crippen molar-refractivity contribution < 1.29 is 0 Å². The molecule has 0 N–H and O–H groups in total. The summed E-state index contributed by atoms with van der Waals surface area (Å²) in [4.78, 5) is 5.60. The molecule has 13 heavy (non-hydrogen) atoms. The van der Waals surface area contributed by atoms with E-state index in [0.717, 1.165) is 11.3 Å². The molecule has 0 amide bonds. The lowest BCUT2D eigenvalue weighted by Crippen LogP contribution is -1.92. The fraction of sp³-hybridized carbons (Fsp3) is 0.250. The van der Waals surface area contributed by atoms with Crippen molar-refractivity contribution in [2.75, 3.05) is 0 Å². The van der Waals surface area contributed by atoms with Gasteiger partial charge in [0.15, 0.2) is 0 Å². The predicted octanol–water partition coefficient (Wildman–Crippen LogP) is 0.581. The smallest absolute Gasteiger partial charge is 0.223 e. The summed E-state index contributed by atoms with van der Waals surface area (Å²) in [5.41, 5.74) is 1.87. The Kier molecular flexibility index (Phi) is 1.77. The van der Waals surface area contributed by atoms with Crippen LogP contribution in [0.5, 0.6) is 0 Å². The average Bonchev–Trinajstić information content (AvgIpc) is 2.53.